The smallest absolute Gasteiger partial charge is 0.410 e. The molecular weight excluding hydrogens is 300 g/mol. The summed E-state index contributed by atoms with van der Waals surface area (Å²) >= 11 is -1.06. The largest absolute Gasteiger partial charge is 0.611 e. The van der Waals surface area contributed by atoms with Gasteiger partial charge in [0, 0.05) is 31.6 Å². The van der Waals surface area contributed by atoms with Crippen molar-refractivity contribution in [2.45, 2.75) is 49.4 Å². The van der Waals surface area contributed by atoms with E-state index < -0.39 is 16.8 Å². The van der Waals surface area contributed by atoms with Gasteiger partial charge in [-0.05, 0) is 56.2 Å². The molecule has 0 spiro atoms. The third-order valence-corrected chi connectivity index (χ3v) is 5.32. The molecule has 1 aliphatic rings. The van der Waals surface area contributed by atoms with Crippen LogP contribution < -0.4 is 5.73 Å². The first-order valence-corrected chi connectivity index (χ1v) is 8.71. The highest BCUT2D eigenvalue weighted by Crippen LogP contribution is 2.26. The van der Waals surface area contributed by atoms with Gasteiger partial charge in [-0.15, -0.1) is 0 Å². The van der Waals surface area contributed by atoms with E-state index in [4.69, 9.17) is 10.5 Å². The molecule has 0 radical (unpaired) electrons. The molecule has 122 valence electrons. The molecule has 1 unspecified atom stereocenters. The number of nitrogens with two attached hydrogens (primary N) is 1. The standard InChI is InChI=1S/C16H24N2O3S/c1-16(2,3)21-15(19)18-10-8-14(9-11-18)22(20)13-6-4-12(17)5-7-13/h4-7,14H,8-11,17H2,1-3H3. The number of nitrogen functional groups attached to an aromatic ring is 1. The maximum Gasteiger partial charge on any atom is 0.410 e. The molecule has 6 heteroatoms. The molecule has 1 aromatic rings. The first-order valence-electron chi connectivity index (χ1n) is 7.50. The van der Waals surface area contributed by atoms with Crippen LogP contribution in [-0.2, 0) is 15.9 Å². The van der Waals surface area contributed by atoms with E-state index in [2.05, 4.69) is 0 Å². The van der Waals surface area contributed by atoms with Gasteiger partial charge in [-0.2, -0.15) is 0 Å². The number of anilines is 1. The second-order valence-corrected chi connectivity index (χ2v) is 8.27. The number of benzene rings is 1. The summed E-state index contributed by atoms with van der Waals surface area (Å²) in [6, 6.07) is 7.16. The Morgan fingerprint density at radius 2 is 1.82 bits per heavy atom. The van der Waals surface area contributed by atoms with Gasteiger partial charge in [0.05, 0.1) is 0 Å². The second-order valence-electron chi connectivity index (χ2n) is 6.53. The Labute approximate surface area is 135 Å². The summed E-state index contributed by atoms with van der Waals surface area (Å²) < 4.78 is 17.9. The number of nitrogens with zero attached hydrogens (tertiary/aromatic N) is 1. The number of hydrogen-bond acceptors (Lipinski definition) is 4. The molecule has 1 saturated heterocycles. The number of carbonyl (C=O) groups excluding carboxylic acids is 1. The lowest BCUT2D eigenvalue weighted by Crippen LogP contribution is -2.44. The lowest BCUT2D eigenvalue weighted by Gasteiger charge is -2.33. The molecule has 1 heterocycles. The lowest BCUT2D eigenvalue weighted by molar-refractivity contribution is 0.0217. The van der Waals surface area contributed by atoms with Crippen LogP contribution in [0.1, 0.15) is 33.6 Å². The van der Waals surface area contributed by atoms with E-state index in [1.807, 2.05) is 32.9 Å². The molecule has 2 N–H and O–H groups in total. The summed E-state index contributed by atoms with van der Waals surface area (Å²) in [5.41, 5.74) is 5.83. The average molecular weight is 324 g/mol. The van der Waals surface area contributed by atoms with Gasteiger partial charge in [0.25, 0.3) is 0 Å². The molecule has 2 rings (SSSR count). The van der Waals surface area contributed by atoms with Crippen LogP contribution >= 0.6 is 0 Å². The highest BCUT2D eigenvalue weighted by atomic mass is 32.2. The number of ether oxygens (including phenoxy) is 1. The predicted octanol–water partition coefficient (Wildman–Crippen LogP) is 2.78. The highest BCUT2D eigenvalue weighted by Gasteiger charge is 2.33. The van der Waals surface area contributed by atoms with Crippen LogP contribution in [0, 0.1) is 0 Å². The number of amides is 1. The fourth-order valence-electron chi connectivity index (χ4n) is 2.37. The highest BCUT2D eigenvalue weighted by molar-refractivity contribution is 7.92. The maximum atomic E-state index is 12.6. The van der Waals surface area contributed by atoms with Crippen molar-refractivity contribution in [1.82, 2.24) is 4.90 Å². The average Bonchev–Trinajstić information content (AvgIpc) is 2.46. The van der Waals surface area contributed by atoms with Gasteiger partial charge in [-0.1, -0.05) is 0 Å². The monoisotopic (exact) mass is 324 g/mol. The number of carbonyl (C=O) groups is 1. The molecular formula is C16H24N2O3S. The summed E-state index contributed by atoms with van der Waals surface area (Å²) in [7, 11) is 0. The van der Waals surface area contributed by atoms with E-state index in [1.54, 1.807) is 17.0 Å². The number of piperidine rings is 1. The molecule has 0 aromatic heterocycles. The third-order valence-electron chi connectivity index (χ3n) is 3.51. The van der Waals surface area contributed by atoms with Crippen LogP contribution in [-0.4, -0.2) is 39.5 Å². The van der Waals surface area contributed by atoms with Crippen molar-refractivity contribution in [3.63, 3.8) is 0 Å². The fraction of sp³-hybridized carbons (Fsp3) is 0.562. The van der Waals surface area contributed by atoms with Crippen molar-refractivity contribution in [2.24, 2.45) is 0 Å². The first kappa shape index (κ1) is 17.0. The van der Waals surface area contributed by atoms with Gasteiger partial charge in [0.1, 0.15) is 10.9 Å². The van der Waals surface area contributed by atoms with E-state index in [0.29, 0.717) is 18.8 Å². The van der Waals surface area contributed by atoms with E-state index in [9.17, 15) is 9.35 Å². The molecule has 1 atom stereocenters. The molecule has 5 nitrogen and oxygen atoms in total. The van der Waals surface area contributed by atoms with Gasteiger partial charge >= 0.3 is 6.09 Å². The van der Waals surface area contributed by atoms with Crippen molar-refractivity contribution in [3.8, 4) is 0 Å². The quantitative estimate of drug-likeness (QED) is 0.670. The summed E-state index contributed by atoms with van der Waals surface area (Å²) in [6.07, 6.45) is 1.15. The van der Waals surface area contributed by atoms with Crippen LogP contribution in [0.15, 0.2) is 29.2 Å². The number of hydrogen-bond donors (Lipinski definition) is 1. The maximum absolute atomic E-state index is 12.6. The van der Waals surface area contributed by atoms with Crippen LogP contribution in [0.4, 0.5) is 10.5 Å². The Morgan fingerprint density at radius 1 is 1.27 bits per heavy atom. The van der Waals surface area contributed by atoms with Gasteiger partial charge in [-0.3, -0.25) is 0 Å². The predicted molar refractivity (Wildman–Crippen MR) is 88.1 cm³/mol. The summed E-state index contributed by atoms with van der Waals surface area (Å²) in [5.74, 6) is 0. The van der Waals surface area contributed by atoms with E-state index in [1.165, 1.54) is 0 Å². The Balaban J connectivity index is 1.89. The number of rotatable bonds is 2. The Hall–Kier alpha value is -1.40. The second kappa shape index (κ2) is 6.79. The minimum atomic E-state index is -1.06. The molecule has 22 heavy (non-hydrogen) atoms. The van der Waals surface area contributed by atoms with Gasteiger partial charge in [-0.25, -0.2) is 4.79 Å². The Kier molecular flexibility index (Phi) is 5.24. The molecule has 1 aromatic carbocycles. The zero-order valence-corrected chi connectivity index (χ0v) is 14.2. The molecule has 0 bridgehead atoms. The normalized spacial score (nSPS) is 18.1. The third kappa shape index (κ3) is 4.55. The van der Waals surface area contributed by atoms with Crippen molar-refractivity contribution in [3.05, 3.63) is 24.3 Å². The zero-order chi connectivity index (χ0) is 16.3. The molecule has 1 amide bonds. The van der Waals surface area contributed by atoms with Crippen molar-refractivity contribution in [1.29, 1.82) is 0 Å². The molecule has 0 saturated carbocycles. The Morgan fingerprint density at radius 3 is 2.32 bits per heavy atom. The van der Waals surface area contributed by atoms with E-state index in [-0.39, 0.29) is 11.3 Å². The summed E-state index contributed by atoms with van der Waals surface area (Å²) in [5, 5.41) is 0.0716. The van der Waals surface area contributed by atoms with E-state index >= 15 is 0 Å². The molecule has 1 aliphatic heterocycles. The summed E-state index contributed by atoms with van der Waals surface area (Å²) in [4.78, 5) is 14.5. The minimum absolute atomic E-state index is 0.0716. The van der Waals surface area contributed by atoms with Crippen molar-refractivity contribution in [2.75, 3.05) is 18.8 Å². The topological polar surface area (TPSA) is 78.6 Å². The minimum Gasteiger partial charge on any atom is -0.611 e. The fourth-order valence-corrected chi connectivity index (χ4v) is 3.80. The van der Waals surface area contributed by atoms with Gasteiger partial charge in [0.2, 0.25) is 0 Å². The van der Waals surface area contributed by atoms with Crippen molar-refractivity contribution < 1.29 is 14.1 Å². The number of likely N-dealkylation sites (tertiary alicyclic amines) is 1. The Bertz CT molecular complexity index is 505. The van der Waals surface area contributed by atoms with Crippen molar-refractivity contribution >= 4 is 23.0 Å². The summed E-state index contributed by atoms with van der Waals surface area (Å²) in [6.45, 7) is 6.73. The SMILES string of the molecule is CC(C)(C)OC(=O)N1CCC([S+]([O-])c2ccc(N)cc2)CC1. The molecule has 0 aliphatic carbocycles. The first-order chi connectivity index (χ1) is 10.3. The zero-order valence-electron chi connectivity index (χ0n) is 13.4. The van der Waals surface area contributed by atoms with E-state index in [0.717, 1.165) is 17.7 Å². The van der Waals surface area contributed by atoms with Gasteiger partial charge in [0.15, 0.2) is 4.90 Å². The molecule has 1 fully saturated rings. The van der Waals surface area contributed by atoms with Crippen LogP contribution in [0.25, 0.3) is 0 Å². The van der Waals surface area contributed by atoms with Gasteiger partial charge < -0.3 is 19.9 Å². The van der Waals surface area contributed by atoms with Crippen LogP contribution in [0.5, 0.6) is 0 Å². The van der Waals surface area contributed by atoms with Crippen LogP contribution in [0.3, 0.4) is 0 Å². The van der Waals surface area contributed by atoms with Crippen LogP contribution in [0.2, 0.25) is 0 Å². The lowest BCUT2D eigenvalue weighted by atomic mass is 10.1.